The summed E-state index contributed by atoms with van der Waals surface area (Å²) < 4.78 is 14.2. The third-order valence-electron chi connectivity index (χ3n) is 10.3. The van der Waals surface area contributed by atoms with Crippen molar-refractivity contribution in [2.75, 3.05) is 0 Å². The maximum absolute atomic E-state index is 13.5. The number of benzene rings is 4. The van der Waals surface area contributed by atoms with E-state index in [4.69, 9.17) is 9.31 Å². The molecular weight excluding hydrogens is 635 g/mol. The van der Waals surface area contributed by atoms with Crippen molar-refractivity contribution in [2.24, 2.45) is 0 Å². The van der Waals surface area contributed by atoms with Crippen molar-refractivity contribution >= 4 is 13.0 Å². The van der Waals surface area contributed by atoms with Gasteiger partial charge in [0.25, 0.3) is 0 Å². The molecule has 0 saturated carbocycles. The summed E-state index contributed by atoms with van der Waals surface area (Å²) in [5.74, 6) is 0.431. The van der Waals surface area contributed by atoms with Crippen LogP contribution in [-0.4, -0.2) is 44.4 Å². The molecule has 0 radical (unpaired) electrons. The lowest BCUT2D eigenvalue weighted by Crippen LogP contribution is -2.47. The second-order valence-electron chi connectivity index (χ2n) is 14.4. The van der Waals surface area contributed by atoms with Gasteiger partial charge in [0, 0.05) is 0 Å². The zero-order chi connectivity index (χ0) is 35.9. The van der Waals surface area contributed by atoms with Gasteiger partial charge >= 0.3 is 7.12 Å². The van der Waals surface area contributed by atoms with E-state index in [2.05, 4.69) is 127 Å². The van der Waals surface area contributed by atoms with Crippen LogP contribution in [0.25, 0.3) is 0 Å². The number of aromatic nitrogens is 4. The first-order valence-electron chi connectivity index (χ1n) is 18.0. The van der Waals surface area contributed by atoms with Crippen LogP contribution >= 0.6 is 0 Å². The van der Waals surface area contributed by atoms with Gasteiger partial charge in [0.05, 0.1) is 28.8 Å². The van der Waals surface area contributed by atoms with E-state index in [1.807, 2.05) is 55.5 Å². The Morgan fingerprint density at radius 2 is 1.25 bits per heavy atom. The van der Waals surface area contributed by atoms with Crippen molar-refractivity contribution < 1.29 is 14.1 Å². The van der Waals surface area contributed by atoms with Gasteiger partial charge in [0.15, 0.2) is 5.82 Å². The molecule has 1 amide bonds. The molecular formula is C41H49BN6O3. The van der Waals surface area contributed by atoms with E-state index in [0.717, 1.165) is 41.4 Å². The maximum Gasteiger partial charge on any atom is 0.457 e. The number of tetrazole rings is 1. The number of nitrogens with zero attached hydrogens (tertiary/aromatic N) is 4. The molecule has 0 spiro atoms. The van der Waals surface area contributed by atoms with Crippen molar-refractivity contribution in [3.8, 4) is 0 Å². The molecule has 10 heteroatoms. The summed E-state index contributed by atoms with van der Waals surface area (Å²) in [5, 5.41) is 20.2. The first-order chi connectivity index (χ1) is 24.6. The van der Waals surface area contributed by atoms with E-state index >= 15 is 0 Å². The van der Waals surface area contributed by atoms with Crippen molar-refractivity contribution in [3.63, 3.8) is 0 Å². The molecule has 1 unspecified atom stereocenters. The van der Waals surface area contributed by atoms with Crippen LogP contribution in [0.3, 0.4) is 0 Å². The SMILES string of the molecule is C[C@@H](NC(=O)Cn1nnnc1C(CCCCB1OC(C)(C)C(C)(C)O1)NC(c1ccccc1)(c1ccccc1)c1ccccc1)c1ccccc1. The predicted molar refractivity (Wildman–Crippen MR) is 201 cm³/mol. The zero-order valence-electron chi connectivity index (χ0n) is 30.3. The zero-order valence-corrected chi connectivity index (χ0v) is 30.3. The highest BCUT2D eigenvalue weighted by molar-refractivity contribution is 6.45. The van der Waals surface area contributed by atoms with E-state index in [-0.39, 0.29) is 42.9 Å². The van der Waals surface area contributed by atoms with Gasteiger partial charge in [0.1, 0.15) is 6.54 Å². The molecule has 1 aliphatic heterocycles. The maximum atomic E-state index is 13.5. The highest BCUT2D eigenvalue weighted by Gasteiger charge is 2.50. The first-order valence-corrected chi connectivity index (χ1v) is 18.0. The van der Waals surface area contributed by atoms with Crippen LogP contribution in [-0.2, 0) is 26.2 Å². The monoisotopic (exact) mass is 684 g/mol. The molecule has 2 N–H and O–H groups in total. The molecule has 1 aliphatic rings. The second kappa shape index (κ2) is 15.7. The van der Waals surface area contributed by atoms with Crippen LogP contribution in [0.15, 0.2) is 121 Å². The fourth-order valence-electron chi connectivity index (χ4n) is 6.91. The number of carbonyl (C=O) groups excluding carboxylic acids is 1. The van der Waals surface area contributed by atoms with Crippen LogP contribution < -0.4 is 10.6 Å². The molecule has 4 aromatic carbocycles. The third-order valence-corrected chi connectivity index (χ3v) is 10.3. The molecule has 2 atom stereocenters. The number of amides is 1. The van der Waals surface area contributed by atoms with Gasteiger partial charge in [-0.3, -0.25) is 10.1 Å². The van der Waals surface area contributed by atoms with Crippen molar-refractivity contribution in [2.45, 2.75) is 95.6 Å². The number of unbranched alkanes of at least 4 members (excludes halogenated alkanes) is 1. The van der Waals surface area contributed by atoms with Gasteiger partial charge in [-0.05, 0) is 80.0 Å². The topological polar surface area (TPSA) is 103 Å². The number of rotatable bonds is 15. The van der Waals surface area contributed by atoms with Crippen LogP contribution in [0, 0.1) is 0 Å². The molecule has 6 rings (SSSR count). The lowest BCUT2D eigenvalue weighted by atomic mass is 9.76. The fraction of sp³-hybridized carbons (Fsp3) is 0.366. The van der Waals surface area contributed by atoms with Gasteiger partial charge in [-0.2, -0.15) is 0 Å². The highest BCUT2D eigenvalue weighted by Crippen LogP contribution is 2.41. The summed E-state index contributed by atoms with van der Waals surface area (Å²) in [5.41, 5.74) is 2.77. The molecule has 1 aromatic heterocycles. The Kier molecular flexibility index (Phi) is 11.1. The van der Waals surface area contributed by atoms with Gasteiger partial charge in [-0.25, -0.2) is 4.68 Å². The Bertz CT molecular complexity index is 1720. The summed E-state index contributed by atoms with van der Waals surface area (Å²) in [4.78, 5) is 13.5. The van der Waals surface area contributed by atoms with E-state index in [9.17, 15) is 4.79 Å². The first kappa shape index (κ1) is 36.2. The molecule has 51 heavy (non-hydrogen) atoms. The second-order valence-corrected chi connectivity index (χ2v) is 14.4. The van der Waals surface area contributed by atoms with Gasteiger partial charge < -0.3 is 14.6 Å². The third kappa shape index (κ3) is 8.14. The average molecular weight is 685 g/mol. The standard InChI is InChI=1S/C41H49BN6O3/c1-31(32-20-10-6-11-21-32)43-37(49)30-48-38(45-46-47-48)36(28-18-19-29-42-50-39(2,3)40(4,5)51-42)44-41(33-22-12-7-13-23-33,34-24-14-8-15-25-34)35-26-16-9-17-27-35/h6-17,20-27,31,36,44H,18-19,28-30H2,1-5H3,(H,43,49)/t31-,36?/m1/s1. The Hall–Kier alpha value is -4.64. The summed E-state index contributed by atoms with van der Waals surface area (Å²) in [6.45, 7) is 10.3. The van der Waals surface area contributed by atoms with Crippen molar-refractivity contribution in [1.82, 2.24) is 30.8 Å². The Balaban J connectivity index is 1.33. The highest BCUT2D eigenvalue weighted by atomic mass is 16.7. The Morgan fingerprint density at radius 1 is 0.765 bits per heavy atom. The van der Waals surface area contributed by atoms with E-state index in [0.29, 0.717) is 12.2 Å². The van der Waals surface area contributed by atoms with Crippen LogP contribution in [0.5, 0.6) is 0 Å². The smallest absolute Gasteiger partial charge is 0.403 e. The lowest BCUT2D eigenvalue weighted by Gasteiger charge is -2.40. The minimum Gasteiger partial charge on any atom is -0.403 e. The van der Waals surface area contributed by atoms with E-state index < -0.39 is 5.54 Å². The fourth-order valence-corrected chi connectivity index (χ4v) is 6.91. The predicted octanol–water partition coefficient (Wildman–Crippen LogP) is 7.44. The lowest BCUT2D eigenvalue weighted by molar-refractivity contribution is -0.122. The summed E-state index contributed by atoms with van der Waals surface area (Å²) >= 11 is 0. The van der Waals surface area contributed by atoms with Crippen LogP contribution in [0.1, 0.15) is 94.0 Å². The summed E-state index contributed by atoms with van der Waals surface area (Å²) in [6.07, 6.45) is 3.20. The minimum atomic E-state index is -0.763. The largest absolute Gasteiger partial charge is 0.457 e. The molecule has 0 aliphatic carbocycles. The molecule has 2 heterocycles. The van der Waals surface area contributed by atoms with Gasteiger partial charge in [-0.1, -0.05) is 134 Å². The van der Waals surface area contributed by atoms with Gasteiger partial charge in [0.2, 0.25) is 5.91 Å². The van der Waals surface area contributed by atoms with Crippen LogP contribution in [0.4, 0.5) is 0 Å². The summed E-state index contributed by atoms with van der Waals surface area (Å²) in [6, 6.07) is 40.9. The number of hydrogen-bond donors (Lipinski definition) is 2. The normalized spacial score (nSPS) is 16.5. The molecule has 1 fully saturated rings. The average Bonchev–Trinajstić information content (AvgIpc) is 3.68. The number of nitrogens with one attached hydrogen (secondary N) is 2. The quantitative estimate of drug-likeness (QED) is 0.0672. The van der Waals surface area contributed by atoms with Crippen molar-refractivity contribution in [3.05, 3.63) is 149 Å². The molecule has 264 valence electrons. The molecule has 9 nitrogen and oxygen atoms in total. The Morgan fingerprint density at radius 3 is 1.76 bits per heavy atom. The van der Waals surface area contributed by atoms with Gasteiger partial charge in [-0.15, -0.1) is 5.10 Å². The molecule has 1 saturated heterocycles. The molecule has 5 aromatic rings. The summed E-state index contributed by atoms with van der Waals surface area (Å²) in [7, 11) is -0.265. The number of carbonyl (C=O) groups is 1. The van der Waals surface area contributed by atoms with Crippen LogP contribution in [0.2, 0.25) is 6.32 Å². The minimum absolute atomic E-state index is 0.0133. The Labute approximate surface area is 302 Å². The van der Waals surface area contributed by atoms with Crippen molar-refractivity contribution in [1.29, 1.82) is 0 Å². The molecule has 0 bridgehead atoms. The number of hydrogen-bond acceptors (Lipinski definition) is 7. The van der Waals surface area contributed by atoms with E-state index in [1.165, 1.54) is 0 Å². The van der Waals surface area contributed by atoms with E-state index in [1.54, 1.807) is 4.68 Å².